The maximum absolute atomic E-state index is 11.4. The normalized spacial score (nSPS) is 18.3. The van der Waals surface area contributed by atoms with Crippen molar-refractivity contribution in [3.63, 3.8) is 0 Å². The van der Waals surface area contributed by atoms with Crippen molar-refractivity contribution in [2.75, 3.05) is 92.3 Å². The second kappa shape index (κ2) is 16.0. The van der Waals surface area contributed by atoms with Crippen molar-refractivity contribution in [1.29, 1.82) is 0 Å². The minimum absolute atomic E-state index is 0.0463. The summed E-state index contributed by atoms with van der Waals surface area (Å²) in [5.74, 6) is -1.69. The summed E-state index contributed by atoms with van der Waals surface area (Å²) in [4.78, 5) is 41.2. The number of rotatable bonds is 12. The van der Waals surface area contributed by atoms with Gasteiger partial charge in [0.1, 0.15) is 24.2 Å². The predicted molar refractivity (Wildman–Crippen MR) is 133 cm³/mol. The van der Waals surface area contributed by atoms with Crippen LogP contribution in [0.15, 0.2) is 24.3 Å². The zero-order chi connectivity index (χ0) is 27.2. The van der Waals surface area contributed by atoms with E-state index in [1.54, 1.807) is 46.1 Å². The summed E-state index contributed by atoms with van der Waals surface area (Å²) in [5, 5.41) is 38.5. The fraction of sp³-hybridized carbons (Fsp3) is 0.625. The van der Waals surface area contributed by atoms with Gasteiger partial charge in [0.15, 0.2) is 0 Å². The molecule has 1 aromatic carbocycles. The summed E-state index contributed by atoms with van der Waals surface area (Å²) in [5.41, 5.74) is 0. The first-order valence-corrected chi connectivity index (χ1v) is 12.1. The van der Waals surface area contributed by atoms with Gasteiger partial charge < -0.3 is 29.9 Å². The maximum Gasteiger partial charge on any atom is 0.317 e. The summed E-state index contributed by atoms with van der Waals surface area (Å²) >= 11 is 0. The molecule has 0 aromatic heterocycles. The van der Waals surface area contributed by atoms with Crippen molar-refractivity contribution < 1.29 is 44.3 Å². The standard InChI is InChI=1S/C24H38N4O9/c1-36-20-2-4-21(5-3-20)37-18-19(29)14-25-6-8-26(15-22(30)31)10-12-28(17-24(34)35)13-11-27(9-7-25)16-23(32)33/h2-5,19,29H,6-18H2,1H3,(H,30,31)(H,32,33)(H,34,35). The van der Waals surface area contributed by atoms with Gasteiger partial charge >= 0.3 is 17.9 Å². The molecular formula is C24H38N4O9. The van der Waals surface area contributed by atoms with Crippen LogP contribution in [-0.2, 0) is 14.4 Å². The number of aliphatic hydroxyl groups is 1. The first-order chi connectivity index (χ1) is 17.6. The lowest BCUT2D eigenvalue weighted by Gasteiger charge is -2.33. The largest absolute Gasteiger partial charge is 0.497 e. The Bertz CT molecular complexity index is 823. The summed E-state index contributed by atoms with van der Waals surface area (Å²) in [6.07, 6.45) is -0.832. The average Bonchev–Trinajstić information content (AvgIpc) is 2.83. The number of carboxylic acids is 3. The van der Waals surface area contributed by atoms with Crippen molar-refractivity contribution in [2.24, 2.45) is 0 Å². The van der Waals surface area contributed by atoms with E-state index in [2.05, 4.69) is 0 Å². The van der Waals surface area contributed by atoms with Gasteiger partial charge in [0.25, 0.3) is 0 Å². The molecule has 0 bridgehead atoms. The number of methoxy groups -OCH3 is 1. The van der Waals surface area contributed by atoms with E-state index in [0.29, 0.717) is 63.9 Å². The molecule has 1 aliphatic heterocycles. The van der Waals surface area contributed by atoms with Crippen LogP contribution in [-0.4, -0.2) is 156 Å². The Morgan fingerprint density at radius 3 is 1.41 bits per heavy atom. The van der Waals surface area contributed by atoms with E-state index < -0.39 is 24.0 Å². The second-order valence-electron chi connectivity index (χ2n) is 8.95. The van der Waals surface area contributed by atoms with Crippen LogP contribution < -0.4 is 9.47 Å². The van der Waals surface area contributed by atoms with Crippen molar-refractivity contribution in [3.8, 4) is 11.5 Å². The minimum Gasteiger partial charge on any atom is -0.497 e. The van der Waals surface area contributed by atoms with Crippen LogP contribution >= 0.6 is 0 Å². The van der Waals surface area contributed by atoms with Gasteiger partial charge in [0, 0.05) is 58.9 Å². The van der Waals surface area contributed by atoms with Crippen LogP contribution in [0.3, 0.4) is 0 Å². The van der Waals surface area contributed by atoms with Crippen LogP contribution in [0.2, 0.25) is 0 Å². The van der Waals surface area contributed by atoms with Crippen LogP contribution in [0.1, 0.15) is 0 Å². The molecule has 37 heavy (non-hydrogen) atoms. The molecule has 1 fully saturated rings. The number of hydrogen-bond donors (Lipinski definition) is 4. The summed E-state index contributed by atoms with van der Waals surface area (Å²) in [7, 11) is 1.57. The van der Waals surface area contributed by atoms with Crippen LogP contribution in [0, 0.1) is 0 Å². The number of β-amino-alcohol motifs (C(OH)–C–C–N with tert-alkyl or cyclic N) is 1. The van der Waals surface area contributed by atoms with E-state index in [-0.39, 0.29) is 32.8 Å². The Balaban J connectivity index is 2.05. The maximum atomic E-state index is 11.4. The molecule has 1 aliphatic rings. The van der Waals surface area contributed by atoms with Gasteiger partial charge in [0.2, 0.25) is 0 Å². The number of aliphatic carboxylic acids is 3. The molecule has 1 unspecified atom stereocenters. The summed E-state index contributed by atoms with van der Waals surface area (Å²) in [6.45, 7) is 2.70. The molecule has 1 atom stereocenters. The molecule has 0 aliphatic carbocycles. The molecule has 1 heterocycles. The van der Waals surface area contributed by atoms with E-state index >= 15 is 0 Å². The van der Waals surface area contributed by atoms with Crippen molar-refractivity contribution in [2.45, 2.75) is 6.10 Å². The number of hydrogen-bond acceptors (Lipinski definition) is 10. The van der Waals surface area contributed by atoms with Gasteiger partial charge in [-0.05, 0) is 24.3 Å². The lowest BCUT2D eigenvalue weighted by atomic mass is 10.3. The van der Waals surface area contributed by atoms with Crippen LogP contribution in [0.4, 0.5) is 0 Å². The molecule has 0 spiro atoms. The Kier molecular flexibility index (Phi) is 13.1. The van der Waals surface area contributed by atoms with Gasteiger partial charge in [-0.25, -0.2) is 0 Å². The number of carbonyl (C=O) groups is 3. The fourth-order valence-corrected chi connectivity index (χ4v) is 4.02. The minimum atomic E-state index is -1.00. The van der Waals surface area contributed by atoms with Crippen molar-refractivity contribution in [1.82, 2.24) is 19.6 Å². The summed E-state index contributed by atoms with van der Waals surface area (Å²) in [6, 6.07) is 6.99. The van der Waals surface area contributed by atoms with Crippen LogP contribution in [0.25, 0.3) is 0 Å². The van der Waals surface area contributed by atoms with Gasteiger partial charge in [-0.1, -0.05) is 0 Å². The number of nitrogens with zero attached hydrogens (tertiary/aromatic N) is 4. The molecule has 208 valence electrons. The van der Waals surface area contributed by atoms with E-state index in [4.69, 9.17) is 9.47 Å². The van der Waals surface area contributed by atoms with Gasteiger partial charge in [-0.15, -0.1) is 0 Å². The Labute approximate surface area is 216 Å². The molecule has 0 saturated carbocycles. The first kappa shape index (κ1) is 30.3. The molecular weight excluding hydrogens is 488 g/mol. The van der Waals surface area contributed by atoms with Gasteiger partial charge in [-0.3, -0.25) is 34.0 Å². The first-order valence-electron chi connectivity index (χ1n) is 12.1. The third-order valence-corrected chi connectivity index (χ3v) is 5.98. The highest BCUT2D eigenvalue weighted by atomic mass is 16.5. The van der Waals surface area contributed by atoms with Crippen molar-refractivity contribution >= 4 is 17.9 Å². The highest BCUT2D eigenvalue weighted by Gasteiger charge is 2.21. The number of carboxylic acid groups (broad SMARTS) is 3. The van der Waals surface area contributed by atoms with Crippen molar-refractivity contribution in [3.05, 3.63) is 24.3 Å². The second-order valence-corrected chi connectivity index (χ2v) is 8.95. The molecule has 2 rings (SSSR count). The van der Waals surface area contributed by atoms with E-state index in [1.807, 2.05) is 4.90 Å². The SMILES string of the molecule is COc1ccc(OCC(O)CN2CCN(CC(=O)O)CCN(CC(=O)O)CCN(CC(=O)O)CC2)cc1. The molecule has 0 amide bonds. The Morgan fingerprint density at radius 2 is 1.05 bits per heavy atom. The zero-order valence-electron chi connectivity index (χ0n) is 21.2. The third-order valence-electron chi connectivity index (χ3n) is 5.98. The quantitative estimate of drug-likeness (QED) is 0.260. The average molecular weight is 527 g/mol. The lowest BCUT2D eigenvalue weighted by molar-refractivity contribution is -0.140. The summed E-state index contributed by atoms with van der Waals surface area (Å²) < 4.78 is 10.8. The molecule has 1 saturated heterocycles. The van der Waals surface area contributed by atoms with Gasteiger partial charge in [-0.2, -0.15) is 0 Å². The molecule has 13 heteroatoms. The number of benzene rings is 1. The predicted octanol–water partition coefficient (Wildman–Crippen LogP) is -1.09. The molecule has 4 N–H and O–H groups in total. The smallest absolute Gasteiger partial charge is 0.317 e. The lowest BCUT2D eigenvalue weighted by Crippen LogP contribution is -2.49. The molecule has 1 aromatic rings. The number of ether oxygens (including phenoxy) is 2. The Morgan fingerprint density at radius 1 is 0.703 bits per heavy atom. The van der Waals surface area contributed by atoms with E-state index in [1.165, 1.54) is 0 Å². The fourth-order valence-electron chi connectivity index (χ4n) is 4.02. The highest BCUT2D eigenvalue weighted by molar-refractivity contribution is 5.69. The van der Waals surface area contributed by atoms with Crippen LogP contribution in [0.5, 0.6) is 11.5 Å². The third kappa shape index (κ3) is 12.7. The van der Waals surface area contributed by atoms with E-state index in [9.17, 15) is 34.8 Å². The van der Waals surface area contributed by atoms with E-state index in [0.717, 1.165) is 0 Å². The topological polar surface area (TPSA) is 164 Å². The Hall–Kier alpha value is -2.97. The molecule has 0 radical (unpaired) electrons. The zero-order valence-corrected chi connectivity index (χ0v) is 21.2. The number of aliphatic hydroxyl groups excluding tert-OH is 1. The highest BCUT2D eigenvalue weighted by Crippen LogP contribution is 2.17. The van der Waals surface area contributed by atoms with Gasteiger partial charge in [0.05, 0.1) is 26.7 Å². The monoisotopic (exact) mass is 526 g/mol. The molecule has 13 nitrogen and oxygen atoms in total.